The quantitative estimate of drug-likeness (QED) is 0.472. The largest absolute Gasteiger partial charge is 0.494 e. The predicted molar refractivity (Wildman–Crippen MR) is 96.7 cm³/mol. The van der Waals surface area contributed by atoms with Gasteiger partial charge >= 0.3 is 0 Å². The van der Waals surface area contributed by atoms with Gasteiger partial charge in [0, 0.05) is 5.56 Å². The Morgan fingerprint density at radius 1 is 1.25 bits per heavy atom. The van der Waals surface area contributed by atoms with Crippen molar-refractivity contribution >= 4 is 33.2 Å². The third-order valence-electron chi connectivity index (χ3n) is 3.55. The zero-order valence-electron chi connectivity index (χ0n) is 12.8. The Balaban J connectivity index is 1.81. The van der Waals surface area contributed by atoms with E-state index in [9.17, 15) is 0 Å². The minimum atomic E-state index is 0.521. The highest BCUT2D eigenvalue weighted by molar-refractivity contribution is 7.21. The van der Waals surface area contributed by atoms with Gasteiger partial charge in [0.05, 0.1) is 28.0 Å². The van der Waals surface area contributed by atoms with E-state index in [0.29, 0.717) is 17.5 Å². The fourth-order valence-corrected chi connectivity index (χ4v) is 3.70. The normalized spacial score (nSPS) is 11.1. The van der Waals surface area contributed by atoms with Crippen molar-refractivity contribution in [1.82, 2.24) is 9.97 Å². The second-order valence-corrected chi connectivity index (χ2v) is 6.55. The smallest absolute Gasteiger partial charge is 0.255 e. The molecule has 0 fully saturated rings. The molecular formula is C18H13ClN2O2S. The summed E-state index contributed by atoms with van der Waals surface area (Å²) in [5.41, 5.74) is 2.80. The van der Waals surface area contributed by atoms with Crippen LogP contribution >= 0.6 is 22.9 Å². The first kappa shape index (κ1) is 15.2. The summed E-state index contributed by atoms with van der Waals surface area (Å²) >= 11 is 8.02. The number of hydrogen-bond donors (Lipinski definition) is 0. The zero-order chi connectivity index (χ0) is 16.5. The molecule has 0 N–H and O–H groups in total. The van der Waals surface area contributed by atoms with Gasteiger partial charge in [0.25, 0.3) is 5.89 Å². The van der Waals surface area contributed by atoms with Crippen molar-refractivity contribution < 1.29 is 9.15 Å². The number of nitrogens with zero attached hydrogens (tertiary/aromatic N) is 2. The Labute approximate surface area is 147 Å². The van der Waals surface area contributed by atoms with E-state index in [1.54, 1.807) is 12.5 Å². The predicted octanol–water partition coefficient (Wildman–Crippen LogP) is 5.67. The van der Waals surface area contributed by atoms with E-state index in [0.717, 1.165) is 32.1 Å². The minimum absolute atomic E-state index is 0.521. The summed E-state index contributed by atoms with van der Waals surface area (Å²) in [5.74, 6) is 1.35. The van der Waals surface area contributed by atoms with Crippen LogP contribution in [0.15, 0.2) is 53.3 Å². The van der Waals surface area contributed by atoms with Crippen LogP contribution in [0.3, 0.4) is 0 Å². The second-order valence-electron chi connectivity index (χ2n) is 5.12. The maximum Gasteiger partial charge on any atom is 0.255 e. The molecule has 0 saturated heterocycles. The number of oxazole rings is 1. The van der Waals surface area contributed by atoms with Crippen LogP contribution < -0.4 is 4.74 Å². The molecule has 0 radical (unpaired) electrons. The van der Waals surface area contributed by atoms with Gasteiger partial charge in [-0.05, 0) is 36.8 Å². The lowest BCUT2D eigenvalue weighted by Gasteiger charge is -2.08. The molecule has 0 aliphatic heterocycles. The minimum Gasteiger partial charge on any atom is -0.494 e. The molecule has 24 heavy (non-hydrogen) atoms. The molecule has 0 unspecified atom stereocenters. The number of aromatic nitrogens is 2. The van der Waals surface area contributed by atoms with Crippen molar-refractivity contribution in [1.29, 1.82) is 0 Å². The number of fused-ring (bicyclic) bond motifs is 1. The highest BCUT2D eigenvalue weighted by Crippen LogP contribution is 2.37. The lowest BCUT2D eigenvalue weighted by atomic mass is 10.1. The van der Waals surface area contributed by atoms with Crippen LogP contribution in [0.2, 0.25) is 5.02 Å². The molecule has 0 spiro atoms. The molecule has 0 atom stereocenters. The summed E-state index contributed by atoms with van der Waals surface area (Å²) < 4.78 is 11.9. The summed E-state index contributed by atoms with van der Waals surface area (Å²) in [6.45, 7) is 2.60. The molecule has 120 valence electrons. The first-order chi connectivity index (χ1) is 11.7. The average Bonchev–Trinajstić information content (AvgIpc) is 3.23. The van der Waals surface area contributed by atoms with Crippen molar-refractivity contribution in [2.75, 3.05) is 6.61 Å². The van der Waals surface area contributed by atoms with Crippen LogP contribution in [0.1, 0.15) is 6.92 Å². The van der Waals surface area contributed by atoms with Gasteiger partial charge in [-0.15, -0.1) is 11.3 Å². The second kappa shape index (κ2) is 6.26. The van der Waals surface area contributed by atoms with Crippen molar-refractivity contribution in [2.24, 2.45) is 0 Å². The number of thiazole rings is 1. The van der Waals surface area contributed by atoms with E-state index < -0.39 is 0 Å². The van der Waals surface area contributed by atoms with Crippen molar-refractivity contribution in [3.8, 4) is 27.8 Å². The maximum atomic E-state index is 6.49. The van der Waals surface area contributed by atoms with Crippen LogP contribution in [0.5, 0.6) is 5.75 Å². The van der Waals surface area contributed by atoms with Gasteiger partial charge in [-0.1, -0.05) is 23.7 Å². The molecule has 2 aromatic carbocycles. The highest BCUT2D eigenvalue weighted by atomic mass is 35.5. The van der Waals surface area contributed by atoms with Gasteiger partial charge in [-0.2, -0.15) is 0 Å². The molecule has 0 saturated carbocycles. The lowest BCUT2D eigenvalue weighted by Crippen LogP contribution is -1.91. The Morgan fingerprint density at radius 3 is 2.96 bits per heavy atom. The Hall–Kier alpha value is -2.37. The molecule has 0 bridgehead atoms. The monoisotopic (exact) mass is 356 g/mol. The number of ether oxygens (including phenoxy) is 1. The van der Waals surface area contributed by atoms with Gasteiger partial charge in [-0.3, -0.25) is 0 Å². The molecule has 0 aliphatic rings. The molecular weight excluding hydrogens is 344 g/mol. The molecule has 4 nitrogen and oxygen atoms in total. The molecule has 2 aromatic heterocycles. The van der Waals surface area contributed by atoms with E-state index in [1.165, 1.54) is 11.3 Å². The Bertz CT molecular complexity index is 996. The molecule has 0 amide bonds. The molecule has 4 rings (SSSR count). The summed E-state index contributed by atoms with van der Waals surface area (Å²) in [7, 11) is 0. The number of hydrogen-bond acceptors (Lipinski definition) is 5. The van der Waals surface area contributed by atoms with Crippen LogP contribution in [0, 0.1) is 0 Å². The SMILES string of the molecule is CCOc1cccc(-c2cc3sc(-c4ncco4)nc3cc2Cl)c1. The maximum absolute atomic E-state index is 6.49. The number of benzene rings is 2. The molecule has 4 aromatic rings. The van der Waals surface area contributed by atoms with E-state index in [-0.39, 0.29) is 0 Å². The van der Waals surface area contributed by atoms with E-state index in [2.05, 4.69) is 9.97 Å². The highest BCUT2D eigenvalue weighted by Gasteiger charge is 2.13. The summed E-state index contributed by atoms with van der Waals surface area (Å²) in [6.07, 6.45) is 3.15. The summed E-state index contributed by atoms with van der Waals surface area (Å²) in [6, 6.07) is 11.8. The van der Waals surface area contributed by atoms with E-state index >= 15 is 0 Å². The lowest BCUT2D eigenvalue weighted by molar-refractivity contribution is 0.340. The standard InChI is InChI=1S/C18H13ClN2O2S/c1-2-22-12-5-3-4-11(8-12)13-9-16-15(10-14(13)19)21-18(24-16)17-20-6-7-23-17/h3-10H,2H2,1H3. The summed E-state index contributed by atoms with van der Waals surface area (Å²) in [4.78, 5) is 8.70. The van der Waals surface area contributed by atoms with E-state index in [1.807, 2.05) is 43.3 Å². The first-order valence-corrected chi connectivity index (χ1v) is 8.67. The Morgan fingerprint density at radius 2 is 2.17 bits per heavy atom. The molecule has 0 aliphatic carbocycles. The van der Waals surface area contributed by atoms with Gasteiger partial charge in [0.1, 0.15) is 12.0 Å². The first-order valence-electron chi connectivity index (χ1n) is 7.48. The topological polar surface area (TPSA) is 48.2 Å². The Kier molecular flexibility index (Phi) is 3.96. The van der Waals surface area contributed by atoms with Gasteiger partial charge in [0.15, 0.2) is 5.01 Å². The van der Waals surface area contributed by atoms with E-state index in [4.69, 9.17) is 20.8 Å². The molecule has 6 heteroatoms. The van der Waals surface area contributed by atoms with Crippen LogP contribution in [0.4, 0.5) is 0 Å². The number of rotatable bonds is 4. The third kappa shape index (κ3) is 2.77. The zero-order valence-corrected chi connectivity index (χ0v) is 14.4. The van der Waals surface area contributed by atoms with Crippen LogP contribution in [-0.2, 0) is 0 Å². The van der Waals surface area contributed by atoms with Gasteiger partial charge in [-0.25, -0.2) is 9.97 Å². The van der Waals surface area contributed by atoms with Crippen LogP contribution in [-0.4, -0.2) is 16.6 Å². The third-order valence-corrected chi connectivity index (χ3v) is 4.87. The molecule has 2 heterocycles. The average molecular weight is 357 g/mol. The van der Waals surface area contributed by atoms with Crippen molar-refractivity contribution in [3.63, 3.8) is 0 Å². The summed E-state index contributed by atoms with van der Waals surface area (Å²) in [5, 5.41) is 1.40. The van der Waals surface area contributed by atoms with Crippen LogP contribution in [0.25, 0.3) is 32.2 Å². The van der Waals surface area contributed by atoms with Crippen molar-refractivity contribution in [3.05, 3.63) is 53.9 Å². The van der Waals surface area contributed by atoms with Crippen molar-refractivity contribution in [2.45, 2.75) is 6.92 Å². The van der Waals surface area contributed by atoms with Gasteiger partial charge in [0.2, 0.25) is 0 Å². The fraction of sp³-hybridized carbons (Fsp3) is 0.111. The van der Waals surface area contributed by atoms with Gasteiger partial charge < -0.3 is 9.15 Å². The fourth-order valence-electron chi connectivity index (χ4n) is 2.51. The number of halogens is 1.